The zero-order chi connectivity index (χ0) is 13.5. The normalized spacial score (nSPS) is 11.4. The molecule has 94 valence electrons. The minimum absolute atomic E-state index is 0.0842. The van der Waals surface area contributed by atoms with E-state index in [2.05, 4.69) is 6.07 Å². The average Bonchev–Trinajstić information content (AvgIpc) is 2.44. The van der Waals surface area contributed by atoms with Gasteiger partial charge in [0.2, 0.25) is 0 Å². The van der Waals surface area contributed by atoms with E-state index >= 15 is 0 Å². The number of Topliss-reactive ketones (excluding diaryl/α,β-unsaturated/α-hetero) is 1. The average molecular weight is 242 g/mol. The number of nitriles is 1. The van der Waals surface area contributed by atoms with Crippen LogP contribution >= 0.6 is 0 Å². The van der Waals surface area contributed by atoms with Gasteiger partial charge in [0.25, 0.3) is 0 Å². The van der Waals surface area contributed by atoms with E-state index in [0.717, 1.165) is 13.1 Å². The van der Waals surface area contributed by atoms with E-state index in [1.807, 2.05) is 36.9 Å². The number of hydrogen-bond donors (Lipinski definition) is 0. The van der Waals surface area contributed by atoms with Crippen molar-refractivity contribution in [1.29, 1.82) is 5.26 Å². The van der Waals surface area contributed by atoms with Crippen LogP contribution in [0, 0.1) is 11.3 Å². The molecule has 0 saturated heterocycles. The number of carbonyl (C=O) groups is 1. The van der Waals surface area contributed by atoms with Gasteiger partial charge in [-0.25, -0.2) is 0 Å². The molecule has 0 bridgehead atoms. The van der Waals surface area contributed by atoms with Gasteiger partial charge in [-0.2, -0.15) is 5.26 Å². The van der Waals surface area contributed by atoms with Crippen molar-refractivity contribution in [3.8, 4) is 6.07 Å². The van der Waals surface area contributed by atoms with Crippen molar-refractivity contribution in [2.24, 2.45) is 0 Å². The third-order valence-electron chi connectivity index (χ3n) is 2.92. The first-order valence-electron chi connectivity index (χ1n) is 6.11. The van der Waals surface area contributed by atoms with Crippen molar-refractivity contribution in [2.75, 3.05) is 13.1 Å². The van der Waals surface area contributed by atoms with Gasteiger partial charge >= 0.3 is 0 Å². The first kappa shape index (κ1) is 14.0. The molecule has 0 heterocycles. The monoisotopic (exact) mass is 242 g/mol. The van der Waals surface area contributed by atoms with E-state index in [0.29, 0.717) is 16.8 Å². The summed E-state index contributed by atoms with van der Waals surface area (Å²) in [5, 5.41) is 9.22. The maximum Gasteiger partial charge on any atom is 0.191 e. The van der Waals surface area contributed by atoms with Crippen molar-refractivity contribution in [3.05, 3.63) is 47.2 Å². The third-order valence-corrected chi connectivity index (χ3v) is 2.92. The number of carbonyl (C=O) groups excluding carboxylic acids is 1. The molecule has 3 heteroatoms. The molecule has 0 amide bonds. The number of ketones is 1. The van der Waals surface area contributed by atoms with Crippen LogP contribution in [0.2, 0.25) is 0 Å². The quantitative estimate of drug-likeness (QED) is 0.453. The smallest absolute Gasteiger partial charge is 0.191 e. The zero-order valence-corrected chi connectivity index (χ0v) is 11.1. The number of allylic oxidation sites excluding steroid dienone is 2. The van der Waals surface area contributed by atoms with Gasteiger partial charge in [0.05, 0.1) is 0 Å². The summed E-state index contributed by atoms with van der Waals surface area (Å²) in [7, 11) is 0. The molecule has 0 aliphatic rings. The predicted molar refractivity (Wildman–Crippen MR) is 72.0 cm³/mol. The fourth-order valence-corrected chi connectivity index (χ4v) is 1.85. The van der Waals surface area contributed by atoms with Gasteiger partial charge in [-0.3, -0.25) is 4.79 Å². The third kappa shape index (κ3) is 2.98. The van der Waals surface area contributed by atoms with E-state index in [4.69, 9.17) is 0 Å². The Morgan fingerprint density at radius 2 is 1.78 bits per heavy atom. The Kier molecular flexibility index (Phi) is 5.13. The molecule has 18 heavy (non-hydrogen) atoms. The molecule has 0 unspecified atom stereocenters. The lowest BCUT2D eigenvalue weighted by Crippen LogP contribution is -2.24. The molecule has 0 aromatic heterocycles. The van der Waals surface area contributed by atoms with E-state index < -0.39 is 0 Å². The number of hydrogen-bond acceptors (Lipinski definition) is 3. The fraction of sp³-hybridized carbons (Fsp3) is 0.333. The summed E-state index contributed by atoms with van der Waals surface area (Å²) in [5.74, 6) is -0.0842. The Hall–Kier alpha value is -2.08. The van der Waals surface area contributed by atoms with Gasteiger partial charge in [0, 0.05) is 24.2 Å². The first-order chi connectivity index (χ1) is 8.65. The molecule has 0 aliphatic heterocycles. The van der Waals surface area contributed by atoms with E-state index in [9.17, 15) is 10.1 Å². The molecule has 1 aromatic rings. The van der Waals surface area contributed by atoms with Crippen LogP contribution in [0.5, 0.6) is 0 Å². The number of nitrogens with zero attached hydrogens (tertiary/aromatic N) is 2. The number of benzene rings is 1. The number of rotatable bonds is 5. The van der Waals surface area contributed by atoms with Crippen LogP contribution in [-0.2, 0) is 0 Å². The Morgan fingerprint density at radius 3 is 2.22 bits per heavy atom. The van der Waals surface area contributed by atoms with Crippen molar-refractivity contribution in [1.82, 2.24) is 4.90 Å². The van der Waals surface area contributed by atoms with Crippen LogP contribution < -0.4 is 0 Å². The molecule has 1 aromatic carbocycles. The molecule has 0 atom stereocenters. The van der Waals surface area contributed by atoms with E-state index in [-0.39, 0.29) is 5.78 Å². The first-order valence-corrected chi connectivity index (χ1v) is 6.11. The summed E-state index contributed by atoms with van der Waals surface area (Å²) < 4.78 is 0. The highest BCUT2D eigenvalue weighted by molar-refractivity contribution is 6.09. The molecule has 0 radical (unpaired) electrons. The highest BCUT2D eigenvalue weighted by Crippen LogP contribution is 2.15. The highest BCUT2D eigenvalue weighted by Gasteiger charge is 2.16. The van der Waals surface area contributed by atoms with E-state index in [1.54, 1.807) is 19.1 Å². The van der Waals surface area contributed by atoms with Crippen LogP contribution in [-0.4, -0.2) is 23.8 Å². The fourth-order valence-electron chi connectivity index (χ4n) is 1.85. The maximum atomic E-state index is 12.2. The molecule has 0 spiro atoms. The second-order valence-corrected chi connectivity index (χ2v) is 3.95. The van der Waals surface area contributed by atoms with Crippen LogP contribution in [0.1, 0.15) is 31.1 Å². The lowest BCUT2D eigenvalue weighted by molar-refractivity contribution is 0.103. The summed E-state index contributed by atoms with van der Waals surface area (Å²) in [6.07, 6.45) is 0. The topological polar surface area (TPSA) is 44.1 Å². The summed E-state index contributed by atoms with van der Waals surface area (Å²) in [6, 6.07) is 11.2. The minimum Gasteiger partial charge on any atom is -0.363 e. The molecule has 1 rings (SSSR count). The zero-order valence-electron chi connectivity index (χ0n) is 11.1. The maximum absolute atomic E-state index is 12.2. The largest absolute Gasteiger partial charge is 0.363 e. The Balaban J connectivity index is 3.14. The van der Waals surface area contributed by atoms with Crippen LogP contribution in [0.15, 0.2) is 41.6 Å². The van der Waals surface area contributed by atoms with Crippen molar-refractivity contribution < 1.29 is 4.79 Å². The van der Waals surface area contributed by atoms with Gasteiger partial charge in [-0.1, -0.05) is 30.3 Å². The molecule has 0 saturated carbocycles. The van der Waals surface area contributed by atoms with Gasteiger partial charge in [-0.15, -0.1) is 0 Å². The standard InChI is InChI=1S/C15H18N2O/c1-4-17(5-2)14(11-16)12(3)15(18)13-9-7-6-8-10-13/h6-10H,4-5H2,1-3H3. The van der Waals surface area contributed by atoms with Gasteiger partial charge < -0.3 is 4.90 Å². The predicted octanol–water partition coefficient (Wildman–Crippen LogP) is 3.01. The Morgan fingerprint density at radius 1 is 1.22 bits per heavy atom. The van der Waals surface area contributed by atoms with Crippen molar-refractivity contribution in [3.63, 3.8) is 0 Å². The molecule has 0 fully saturated rings. The molecule has 0 N–H and O–H groups in total. The lowest BCUT2D eigenvalue weighted by Gasteiger charge is -2.21. The minimum atomic E-state index is -0.0842. The molecule has 0 aliphatic carbocycles. The van der Waals surface area contributed by atoms with E-state index in [1.165, 1.54) is 0 Å². The second-order valence-electron chi connectivity index (χ2n) is 3.95. The summed E-state index contributed by atoms with van der Waals surface area (Å²) >= 11 is 0. The second kappa shape index (κ2) is 6.61. The van der Waals surface area contributed by atoms with Gasteiger partial charge in [0.1, 0.15) is 11.8 Å². The Bertz CT molecular complexity index is 479. The summed E-state index contributed by atoms with van der Waals surface area (Å²) in [6.45, 7) is 7.10. The lowest BCUT2D eigenvalue weighted by atomic mass is 10.0. The SMILES string of the molecule is CCN(CC)C(C#N)=C(C)C(=O)c1ccccc1. The summed E-state index contributed by atoms with van der Waals surface area (Å²) in [5.41, 5.74) is 1.59. The van der Waals surface area contributed by atoms with Crippen LogP contribution in [0.3, 0.4) is 0 Å². The van der Waals surface area contributed by atoms with Crippen molar-refractivity contribution in [2.45, 2.75) is 20.8 Å². The summed E-state index contributed by atoms with van der Waals surface area (Å²) in [4.78, 5) is 14.1. The molecular formula is C15H18N2O. The van der Waals surface area contributed by atoms with Crippen LogP contribution in [0.4, 0.5) is 0 Å². The molecular weight excluding hydrogens is 224 g/mol. The Labute approximate surface area is 108 Å². The van der Waals surface area contributed by atoms with Crippen LogP contribution in [0.25, 0.3) is 0 Å². The molecule has 3 nitrogen and oxygen atoms in total. The highest BCUT2D eigenvalue weighted by atomic mass is 16.1. The van der Waals surface area contributed by atoms with Crippen molar-refractivity contribution >= 4 is 5.78 Å². The van der Waals surface area contributed by atoms with Gasteiger partial charge in [0.15, 0.2) is 5.78 Å². The van der Waals surface area contributed by atoms with Gasteiger partial charge in [-0.05, 0) is 20.8 Å².